The summed E-state index contributed by atoms with van der Waals surface area (Å²) in [6, 6.07) is 7.80. The molecule has 0 aliphatic rings. The molecule has 0 spiro atoms. The van der Waals surface area contributed by atoms with E-state index in [1.54, 1.807) is 0 Å². The minimum absolute atomic E-state index is 0.236. The van der Waals surface area contributed by atoms with Crippen molar-refractivity contribution in [2.24, 2.45) is 0 Å². The predicted octanol–water partition coefficient (Wildman–Crippen LogP) is 9.98. The van der Waals surface area contributed by atoms with Crippen molar-refractivity contribution in [1.82, 2.24) is 0 Å². The van der Waals surface area contributed by atoms with Crippen LogP contribution in [0.4, 0.5) is 48.3 Å². The monoisotopic (exact) mass is 664 g/mol. The van der Waals surface area contributed by atoms with E-state index in [-0.39, 0.29) is 12.1 Å². The molecule has 0 aliphatic heterocycles. The Morgan fingerprint density at radius 3 is 1.51 bits per heavy atom. The van der Waals surface area contributed by atoms with Crippen molar-refractivity contribution in [3.8, 4) is 29.4 Å². The summed E-state index contributed by atoms with van der Waals surface area (Å²) < 4.78 is 158. The lowest BCUT2D eigenvalue weighted by Gasteiger charge is -2.19. The molecule has 4 aromatic rings. The summed E-state index contributed by atoms with van der Waals surface area (Å²) in [5.74, 6) is -2.38. The Kier molecular flexibility index (Phi) is 10.3. The Labute approximate surface area is 261 Å². The van der Waals surface area contributed by atoms with E-state index in [0.717, 1.165) is 17.7 Å². The van der Waals surface area contributed by atoms with Crippen LogP contribution in [0.5, 0.6) is 5.75 Å². The second kappa shape index (κ2) is 14.0. The second-order valence-electron chi connectivity index (χ2n) is 9.81. The SMILES string of the molecule is C/C=C/CCc1ccc(C(F)(F)Oc2cc(F)c(C#Cc3cc(F)c(C#Cc4cc(F)c(C(F)(F)F)c(F)c4)c(F)c3)c(F)c2)cc1. The van der Waals surface area contributed by atoms with Crippen LogP contribution in [0, 0.1) is 58.6 Å². The maximum Gasteiger partial charge on any atom is 0.426 e. The molecular formula is C35H19F11O. The first-order valence-corrected chi connectivity index (χ1v) is 13.4. The van der Waals surface area contributed by atoms with E-state index in [4.69, 9.17) is 0 Å². The molecule has 1 nitrogen and oxygen atoms in total. The van der Waals surface area contributed by atoms with Crippen molar-refractivity contribution < 1.29 is 53.0 Å². The fraction of sp³-hybridized carbons (Fsp3) is 0.143. The van der Waals surface area contributed by atoms with E-state index in [2.05, 4.69) is 10.7 Å². The Morgan fingerprint density at radius 2 is 1.06 bits per heavy atom. The van der Waals surface area contributed by atoms with Crippen LogP contribution >= 0.6 is 0 Å². The maximum absolute atomic E-state index is 14.7. The van der Waals surface area contributed by atoms with Gasteiger partial charge in [-0.25, -0.2) is 26.3 Å². The number of aryl methyl sites for hydroxylation is 1. The number of benzene rings is 4. The Balaban J connectivity index is 1.52. The molecular weight excluding hydrogens is 645 g/mol. The van der Waals surface area contributed by atoms with Crippen LogP contribution in [-0.4, -0.2) is 0 Å². The first-order chi connectivity index (χ1) is 22.1. The molecule has 0 aromatic heterocycles. The lowest BCUT2D eigenvalue weighted by molar-refractivity contribution is -0.185. The minimum atomic E-state index is -5.33. The highest BCUT2D eigenvalue weighted by Crippen LogP contribution is 2.35. The van der Waals surface area contributed by atoms with Crippen LogP contribution in [0.1, 0.15) is 52.3 Å². The quantitative estimate of drug-likeness (QED) is 0.113. The van der Waals surface area contributed by atoms with E-state index in [0.29, 0.717) is 37.1 Å². The normalized spacial score (nSPS) is 11.6. The van der Waals surface area contributed by atoms with Crippen LogP contribution in [0.3, 0.4) is 0 Å². The van der Waals surface area contributed by atoms with Gasteiger partial charge < -0.3 is 4.74 Å². The summed E-state index contributed by atoms with van der Waals surface area (Å²) >= 11 is 0. The van der Waals surface area contributed by atoms with E-state index in [1.165, 1.54) is 12.1 Å². The molecule has 4 rings (SSSR count). The second-order valence-corrected chi connectivity index (χ2v) is 9.81. The fourth-order valence-electron chi connectivity index (χ4n) is 4.17. The molecule has 0 fully saturated rings. The molecule has 0 aliphatic carbocycles. The molecule has 0 saturated carbocycles. The third-order valence-corrected chi connectivity index (χ3v) is 6.42. The smallest absolute Gasteiger partial charge is 0.426 e. The van der Waals surface area contributed by atoms with E-state index in [9.17, 15) is 48.3 Å². The van der Waals surface area contributed by atoms with Crippen LogP contribution in [-0.2, 0) is 18.7 Å². The van der Waals surface area contributed by atoms with Gasteiger partial charge in [0, 0.05) is 23.3 Å². The van der Waals surface area contributed by atoms with Gasteiger partial charge in [-0.1, -0.05) is 48.0 Å². The first-order valence-electron chi connectivity index (χ1n) is 13.4. The number of alkyl halides is 5. The standard InChI is InChI=1S/C35H19F11O/c1-2-3-4-5-20-6-10-23(11-7-20)35(45,46)47-24-18-29(38)26(30(39)19-24)13-8-21-14-27(36)25(28(37)15-21)12-9-22-16-31(40)33(32(41)17-22)34(42,43)44/h2-3,6-7,10-11,14-19H,4-5H2,1H3/b3-2+. The molecule has 12 heteroatoms. The summed E-state index contributed by atoms with van der Waals surface area (Å²) in [7, 11) is 0. The van der Waals surface area contributed by atoms with E-state index >= 15 is 0 Å². The van der Waals surface area contributed by atoms with Gasteiger partial charge in [0.05, 0.1) is 16.7 Å². The lowest BCUT2D eigenvalue weighted by atomic mass is 10.1. The van der Waals surface area contributed by atoms with Gasteiger partial charge >= 0.3 is 12.3 Å². The van der Waals surface area contributed by atoms with Crippen molar-refractivity contribution in [3.63, 3.8) is 0 Å². The van der Waals surface area contributed by atoms with Gasteiger partial charge in [0.1, 0.15) is 46.2 Å². The Hall–Kier alpha value is -5.23. The zero-order valence-electron chi connectivity index (χ0n) is 23.9. The highest BCUT2D eigenvalue weighted by molar-refractivity contribution is 5.51. The van der Waals surface area contributed by atoms with Crippen LogP contribution in [0.15, 0.2) is 72.8 Å². The average molecular weight is 665 g/mol. The van der Waals surface area contributed by atoms with Crippen LogP contribution in [0.25, 0.3) is 0 Å². The highest BCUT2D eigenvalue weighted by atomic mass is 19.4. The third kappa shape index (κ3) is 8.53. The van der Waals surface area contributed by atoms with E-state index < -0.39 is 86.3 Å². The van der Waals surface area contributed by atoms with Gasteiger partial charge in [0.15, 0.2) is 0 Å². The molecule has 0 bridgehead atoms. The van der Waals surface area contributed by atoms with Gasteiger partial charge in [-0.2, -0.15) is 22.0 Å². The number of halogens is 11. The van der Waals surface area contributed by atoms with Gasteiger partial charge in [0.25, 0.3) is 0 Å². The first kappa shape index (κ1) is 34.6. The summed E-state index contributed by atoms with van der Waals surface area (Å²) in [5.41, 5.74) is -4.91. The van der Waals surface area contributed by atoms with Crippen molar-refractivity contribution in [2.45, 2.75) is 32.1 Å². The van der Waals surface area contributed by atoms with Gasteiger partial charge in [0.2, 0.25) is 0 Å². The summed E-state index contributed by atoms with van der Waals surface area (Å²) in [6.07, 6.45) is -4.19. The molecule has 0 saturated heterocycles. The van der Waals surface area contributed by atoms with Crippen molar-refractivity contribution >= 4 is 0 Å². The highest BCUT2D eigenvalue weighted by Gasteiger charge is 2.38. The largest absolute Gasteiger partial charge is 0.429 e. The number of hydrogen-bond donors (Lipinski definition) is 0. The number of allylic oxidation sites excluding steroid dienone is 2. The molecule has 4 aromatic carbocycles. The van der Waals surface area contributed by atoms with Crippen molar-refractivity contribution in [2.75, 3.05) is 0 Å². The molecule has 0 heterocycles. The molecule has 0 amide bonds. The molecule has 0 unspecified atom stereocenters. The molecule has 0 N–H and O–H groups in total. The van der Waals surface area contributed by atoms with Gasteiger partial charge in [-0.3, -0.25) is 0 Å². The summed E-state index contributed by atoms with van der Waals surface area (Å²) in [5, 5.41) is 0. The molecule has 0 atom stereocenters. The number of ether oxygens (including phenoxy) is 1. The number of hydrogen-bond acceptors (Lipinski definition) is 1. The lowest BCUT2D eigenvalue weighted by Crippen LogP contribution is -2.22. The Morgan fingerprint density at radius 1 is 0.617 bits per heavy atom. The fourth-order valence-corrected chi connectivity index (χ4v) is 4.17. The molecule has 47 heavy (non-hydrogen) atoms. The van der Waals surface area contributed by atoms with Crippen LogP contribution in [0.2, 0.25) is 0 Å². The summed E-state index contributed by atoms with van der Waals surface area (Å²) in [6.45, 7) is 1.85. The topological polar surface area (TPSA) is 9.23 Å². The predicted molar refractivity (Wildman–Crippen MR) is 150 cm³/mol. The molecule has 242 valence electrons. The third-order valence-electron chi connectivity index (χ3n) is 6.42. The van der Waals surface area contributed by atoms with Gasteiger partial charge in [-0.15, -0.1) is 0 Å². The van der Waals surface area contributed by atoms with Gasteiger partial charge in [-0.05, 0) is 61.7 Å². The summed E-state index contributed by atoms with van der Waals surface area (Å²) in [4.78, 5) is 0. The van der Waals surface area contributed by atoms with E-state index in [1.807, 2.05) is 36.8 Å². The van der Waals surface area contributed by atoms with Crippen molar-refractivity contribution in [3.05, 3.63) is 147 Å². The average Bonchev–Trinajstić information content (AvgIpc) is 2.95. The van der Waals surface area contributed by atoms with Crippen molar-refractivity contribution in [1.29, 1.82) is 0 Å². The zero-order chi connectivity index (χ0) is 34.5. The van der Waals surface area contributed by atoms with Crippen LogP contribution < -0.4 is 4.74 Å². The minimum Gasteiger partial charge on any atom is -0.429 e. The Bertz CT molecular complexity index is 1880. The number of rotatable bonds is 6. The molecule has 0 radical (unpaired) electrons. The zero-order valence-corrected chi connectivity index (χ0v) is 23.9. The maximum atomic E-state index is 14.7.